The first kappa shape index (κ1) is 22.0. The summed E-state index contributed by atoms with van der Waals surface area (Å²) >= 11 is 3.96. The third-order valence-corrected chi connectivity index (χ3v) is 4.59. The normalized spacial score (nSPS) is 11.9. The first-order valence-corrected chi connectivity index (χ1v) is 8.90. The van der Waals surface area contributed by atoms with Gasteiger partial charge in [0.1, 0.15) is 17.0 Å². The van der Waals surface area contributed by atoms with Crippen LogP contribution in [0.4, 0.5) is 36.4 Å². The molecule has 0 bridgehead atoms. The van der Waals surface area contributed by atoms with Crippen molar-refractivity contribution in [2.24, 2.45) is 5.10 Å². The average molecular weight is 618 g/mol. The minimum atomic E-state index is -5.61. The summed E-state index contributed by atoms with van der Waals surface area (Å²) in [6, 6.07) is 3.36. The molecule has 2 rings (SSSR count). The summed E-state index contributed by atoms with van der Waals surface area (Å²) in [6.45, 7) is 0. The number of alkyl halides is 3. The van der Waals surface area contributed by atoms with Crippen LogP contribution in [0.25, 0.3) is 0 Å². The van der Waals surface area contributed by atoms with E-state index in [1.165, 1.54) is 7.11 Å². The molecule has 0 spiro atoms. The Labute approximate surface area is 175 Å². The SMILES string of the molecule is COc1c(I)cc(I)cc1/C=N\Nc1c(F)c(F)c(C(F)(F)F)c(F)c1F. The van der Waals surface area contributed by atoms with Crippen molar-refractivity contribution in [2.45, 2.75) is 6.18 Å². The Balaban J connectivity index is 2.44. The molecule has 0 amide bonds. The fourth-order valence-electron chi connectivity index (χ4n) is 2.04. The fourth-order valence-corrected chi connectivity index (χ4v) is 4.15. The molecule has 0 saturated carbocycles. The third-order valence-electron chi connectivity index (χ3n) is 3.17. The predicted molar refractivity (Wildman–Crippen MR) is 101 cm³/mol. The summed E-state index contributed by atoms with van der Waals surface area (Å²) in [4.78, 5) is 0. The molecule has 0 fully saturated rings. The van der Waals surface area contributed by atoms with Crippen LogP contribution in [-0.2, 0) is 6.18 Å². The Morgan fingerprint density at radius 1 is 1.00 bits per heavy atom. The average Bonchev–Trinajstić information content (AvgIpc) is 2.54. The lowest BCUT2D eigenvalue weighted by Gasteiger charge is -2.13. The Bertz CT molecular complexity index is 887. The van der Waals surface area contributed by atoms with E-state index < -0.39 is 40.7 Å². The van der Waals surface area contributed by atoms with Gasteiger partial charge in [-0.3, -0.25) is 5.43 Å². The van der Waals surface area contributed by atoms with Crippen LogP contribution in [0.2, 0.25) is 0 Å². The number of rotatable bonds is 4. The molecule has 0 atom stereocenters. The lowest BCUT2D eigenvalue weighted by atomic mass is 10.1. The zero-order valence-electron chi connectivity index (χ0n) is 13.0. The van der Waals surface area contributed by atoms with Crippen molar-refractivity contribution in [3.63, 3.8) is 0 Å². The number of nitrogens with zero attached hydrogens (tertiary/aromatic N) is 1. The van der Waals surface area contributed by atoms with Crippen molar-refractivity contribution in [1.82, 2.24) is 0 Å². The molecular formula is C15H7F7I2N2O. The largest absolute Gasteiger partial charge is 0.495 e. The van der Waals surface area contributed by atoms with Crippen molar-refractivity contribution in [3.05, 3.63) is 53.7 Å². The molecule has 146 valence electrons. The van der Waals surface area contributed by atoms with Gasteiger partial charge in [-0.15, -0.1) is 0 Å². The number of hydrogen-bond donors (Lipinski definition) is 1. The van der Waals surface area contributed by atoms with Crippen LogP contribution in [0.15, 0.2) is 17.2 Å². The Kier molecular flexibility index (Phi) is 6.81. The van der Waals surface area contributed by atoms with Crippen LogP contribution in [0.1, 0.15) is 11.1 Å². The molecule has 0 unspecified atom stereocenters. The van der Waals surface area contributed by atoms with Crippen molar-refractivity contribution in [1.29, 1.82) is 0 Å². The zero-order valence-corrected chi connectivity index (χ0v) is 17.3. The van der Waals surface area contributed by atoms with Crippen LogP contribution in [0, 0.1) is 30.4 Å². The maximum absolute atomic E-state index is 13.8. The summed E-state index contributed by atoms with van der Waals surface area (Å²) in [5.41, 5.74) is -2.10. The van der Waals surface area contributed by atoms with Crippen molar-refractivity contribution in [2.75, 3.05) is 12.5 Å². The van der Waals surface area contributed by atoms with Gasteiger partial charge in [0.15, 0.2) is 23.3 Å². The van der Waals surface area contributed by atoms with E-state index in [1.807, 2.05) is 45.2 Å². The highest BCUT2D eigenvalue weighted by molar-refractivity contribution is 14.1. The third kappa shape index (κ3) is 4.57. The van der Waals surface area contributed by atoms with Gasteiger partial charge in [0.2, 0.25) is 0 Å². The quantitative estimate of drug-likeness (QED) is 0.152. The molecule has 0 radical (unpaired) electrons. The standard InChI is InChI=1S/C15H7F7I2N2O/c1-27-14-5(2-6(23)3-7(14)24)4-25-26-13-11(18)9(16)8(15(20,21)22)10(17)12(13)19/h2-4,26H,1H3/b25-4-. The first-order chi connectivity index (χ1) is 12.5. The molecule has 0 saturated heterocycles. The van der Waals surface area contributed by atoms with Crippen molar-refractivity contribution >= 4 is 57.1 Å². The lowest BCUT2D eigenvalue weighted by Crippen LogP contribution is -2.16. The molecule has 0 aromatic heterocycles. The molecule has 1 N–H and O–H groups in total. The molecule has 0 aliphatic carbocycles. The van der Waals surface area contributed by atoms with E-state index in [1.54, 1.807) is 17.6 Å². The van der Waals surface area contributed by atoms with Gasteiger partial charge in [-0.1, -0.05) is 0 Å². The summed E-state index contributed by atoms with van der Waals surface area (Å²) in [5, 5.41) is 3.44. The fraction of sp³-hybridized carbons (Fsp3) is 0.133. The predicted octanol–water partition coefficient (Wildman–Crippen LogP) is 5.93. The Morgan fingerprint density at radius 2 is 1.56 bits per heavy atom. The molecule has 0 aliphatic rings. The van der Waals surface area contributed by atoms with E-state index in [4.69, 9.17) is 4.74 Å². The second kappa shape index (κ2) is 8.36. The zero-order chi connectivity index (χ0) is 20.5. The van der Waals surface area contributed by atoms with Crippen LogP contribution < -0.4 is 10.2 Å². The highest BCUT2D eigenvalue weighted by Crippen LogP contribution is 2.38. The first-order valence-electron chi connectivity index (χ1n) is 6.74. The molecule has 27 heavy (non-hydrogen) atoms. The van der Waals surface area contributed by atoms with Gasteiger partial charge in [-0.25, -0.2) is 17.6 Å². The molecular weight excluding hydrogens is 611 g/mol. The summed E-state index contributed by atoms with van der Waals surface area (Å²) in [6.07, 6.45) is -4.57. The lowest BCUT2D eigenvalue weighted by molar-refractivity contribution is -0.143. The van der Waals surface area contributed by atoms with Crippen molar-refractivity contribution < 1.29 is 35.5 Å². The number of hydrazone groups is 1. The maximum atomic E-state index is 13.8. The number of methoxy groups -OCH3 is 1. The number of halogens is 9. The van der Waals surface area contributed by atoms with Gasteiger partial charge < -0.3 is 4.74 Å². The molecule has 2 aromatic rings. The molecule has 0 aliphatic heterocycles. The Hall–Kier alpha value is -1.32. The second-order valence-corrected chi connectivity index (χ2v) is 7.29. The van der Waals surface area contributed by atoms with Gasteiger partial charge in [-0.2, -0.15) is 18.3 Å². The van der Waals surface area contributed by atoms with Gasteiger partial charge in [0.05, 0.1) is 16.9 Å². The van der Waals surface area contributed by atoms with E-state index in [0.717, 1.165) is 9.78 Å². The van der Waals surface area contributed by atoms with Crippen molar-refractivity contribution in [3.8, 4) is 5.75 Å². The van der Waals surface area contributed by atoms with Gasteiger partial charge in [-0.05, 0) is 57.3 Å². The van der Waals surface area contributed by atoms with E-state index in [2.05, 4.69) is 5.10 Å². The van der Waals surface area contributed by atoms with E-state index in [-0.39, 0.29) is 0 Å². The number of anilines is 1. The van der Waals surface area contributed by atoms with Crippen LogP contribution in [0.3, 0.4) is 0 Å². The highest BCUT2D eigenvalue weighted by atomic mass is 127. The van der Waals surface area contributed by atoms with Crippen LogP contribution in [0.5, 0.6) is 5.75 Å². The highest BCUT2D eigenvalue weighted by Gasteiger charge is 2.42. The van der Waals surface area contributed by atoms with E-state index in [9.17, 15) is 30.7 Å². The molecule has 3 nitrogen and oxygen atoms in total. The molecule has 12 heteroatoms. The van der Waals surface area contributed by atoms with Crippen LogP contribution in [-0.4, -0.2) is 13.3 Å². The summed E-state index contributed by atoms with van der Waals surface area (Å²) in [7, 11) is 1.37. The monoisotopic (exact) mass is 618 g/mol. The topological polar surface area (TPSA) is 33.6 Å². The van der Waals surface area contributed by atoms with Gasteiger partial charge >= 0.3 is 6.18 Å². The minimum Gasteiger partial charge on any atom is -0.495 e. The van der Waals surface area contributed by atoms with E-state index in [0.29, 0.717) is 14.9 Å². The van der Waals surface area contributed by atoms with Crippen LogP contribution >= 0.6 is 45.2 Å². The maximum Gasteiger partial charge on any atom is 0.422 e. The van der Waals surface area contributed by atoms with Gasteiger partial charge in [0.25, 0.3) is 0 Å². The minimum absolute atomic E-state index is 0.356. The summed E-state index contributed by atoms with van der Waals surface area (Å²) in [5.74, 6) is -9.27. The number of ether oxygens (including phenoxy) is 1. The second-order valence-electron chi connectivity index (χ2n) is 4.88. The van der Waals surface area contributed by atoms with Gasteiger partial charge in [0, 0.05) is 9.13 Å². The van der Waals surface area contributed by atoms with E-state index >= 15 is 0 Å². The summed E-state index contributed by atoms with van der Waals surface area (Å²) < 4.78 is 99.0. The Morgan fingerprint density at radius 3 is 2.04 bits per heavy atom. The number of benzene rings is 2. The molecule has 2 aromatic carbocycles. The number of nitrogens with one attached hydrogen (secondary N) is 1. The molecule has 0 heterocycles. The number of hydrogen-bond acceptors (Lipinski definition) is 3. The smallest absolute Gasteiger partial charge is 0.422 e.